The molecule has 4 nitrogen and oxygen atoms in total. The summed E-state index contributed by atoms with van der Waals surface area (Å²) < 4.78 is 5.10. The fourth-order valence-electron chi connectivity index (χ4n) is 2.16. The predicted molar refractivity (Wildman–Crippen MR) is 67.1 cm³/mol. The van der Waals surface area contributed by atoms with Crippen LogP contribution >= 0.6 is 0 Å². The Labute approximate surface area is 100 Å². The third-order valence-electron chi connectivity index (χ3n) is 3.59. The number of aromatic amines is 1. The van der Waals surface area contributed by atoms with Crippen molar-refractivity contribution in [1.29, 1.82) is 0 Å². The first-order chi connectivity index (χ1) is 8.20. The number of aromatic nitrogens is 2. The topological polar surface area (TPSA) is 63.9 Å². The molecule has 0 bridgehead atoms. The van der Waals surface area contributed by atoms with Crippen molar-refractivity contribution in [3.63, 3.8) is 0 Å². The van der Waals surface area contributed by atoms with Gasteiger partial charge in [-0.05, 0) is 37.3 Å². The van der Waals surface area contributed by atoms with E-state index in [0.29, 0.717) is 5.88 Å². The number of nitrogens with zero attached hydrogens (tertiary/aromatic N) is 1. The van der Waals surface area contributed by atoms with Crippen LogP contribution in [0.4, 0.5) is 0 Å². The maximum atomic E-state index is 6.11. The Kier molecular flexibility index (Phi) is 2.33. The van der Waals surface area contributed by atoms with Crippen LogP contribution in [0.5, 0.6) is 5.88 Å². The van der Waals surface area contributed by atoms with Crippen molar-refractivity contribution in [3.05, 3.63) is 23.9 Å². The molecular formula is C13H17N3O. The molecule has 0 aliphatic heterocycles. The number of aryl methyl sites for hydroxylation is 1. The Bertz CT molecular complexity index is 543. The fourth-order valence-corrected chi connectivity index (χ4v) is 2.16. The second-order valence-corrected chi connectivity index (χ2v) is 4.93. The van der Waals surface area contributed by atoms with Gasteiger partial charge in [-0.3, -0.25) is 0 Å². The maximum Gasteiger partial charge on any atom is 0.214 e. The van der Waals surface area contributed by atoms with E-state index in [4.69, 9.17) is 10.5 Å². The molecule has 0 amide bonds. The van der Waals surface area contributed by atoms with Crippen LogP contribution in [0.1, 0.15) is 24.8 Å². The summed E-state index contributed by atoms with van der Waals surface area (Å²) in [6.07, 6.45) is 6.45. The summed E-state index contributed by atoms with van der Waals surface area (Å²) >= 11 is 0. The van der Waals surface area contributed by atoms with Gasteiger partial charge in [0, 0.05) is 23.2 Å². The number of hydrogen-bond donors (Lipinski definition) is 2. The normalized spacial score (nSPS) is 17.3. The zero-order valence-electron chi connectivity index (χ0n) is 9.99. The zero-order valence-corrected chi connectivity index (χ0v) is 9.99. The quantitative estimate of drug-likeness (QED) is 0.845. The van der Waals surface area contributed by atoms with Crippen molar-refractivity contribution in [2.45, 2.75) is 31.2 Å². The highest BCUT2D eigenvalue weighted by atomic mass is 16.5. The number of fused-ring (bicyclic) bond motifs is 1. The van der Waals surface area contributed by atoms with E-state index >= 15 is 0 Å². The van der Waals surface area contributed by atoms with E-state index in [0.717, 1.165) is 18.5 Å². The lowest BCUT2D eigenvalue weighted by Crippen LogP contribution is -2.21. The first kappa shape index (κ1) is 10.6. The van der Waals surface area contributed by atoms with Gasteiger partial charge in [-0.25, -0.2) is 0 Å². The lowest BCUT2D eigenvalue weighted by atomic mass is 10.0. The largest absolute Gasteiger partial charge is 0.481 e. The van der Waals surface area contributed by atoms with E-state index in [1.807, 2.05) is 12.3 Å². The van der Waals surface area contributed by atoms with Gasteiger partial charge >= 0.3 is 0 Å². The van der Waals surface area contributed by atoms with Crippen LogP contribution in [0.3, 0.4) is 0 Å². The Hall–Kier alpha value is -1.55. The number of methoxy groups -OCH3 is 1. The molecule has 3 rings (SSSR count). The highest BCUT2D eigenvalue weighted by molar-refractivity contribution is 5.80. The smallest absolute Gasteiger partial charge is 0.214 e. The summed E-state index contributed by atoms with van der Waals surface area (Å²) in [6, 6.07) is 3.96. The summed E-state index contributed by atoms with van der Waals surface area (Å²) in [7, 11) is 1.63. The number of pyridine rings is 1. The van der Waals surface area contributed by atoms with E-state index in [1.54, 1.807) is 7.11 Å². The van der Waals surface area contributed by atoms with Gasteiger partial charge in [0.25, 0.3) is 0 Å². The van der Waals surface area contributed by atoms with E-state index in [1.165, 1.54) is 23.8 Å². The Morgan fingerprint density at radius 2 is 2.29 bits per heavy atom. The van der Waals surface area contributed by atoms with E-state index in [2.05, 4.69) is 16.0 Å². The van der Waals surface area contributed by atoms with Crippen LogP contribution in [0, 0.1) is 0 Å². The first-order valence-electron chi connectivity index (χ1n) is 6.00. The van der Waals surface area contributed by atoms with Gasteiger partial charge in [-0.1, -0.05) is 0 Å². The summed E-state index contributed by atoms with van der Waals surface area (Å²) in [4.78, 5) is 7.55. The second kappa shape index (κ2) is 3.74. The minimum absolute atomic E-state index is 0.115. The van der Waals surface area contributed by atoms with E-state index in [9.17, 15) is 0 Å². The number of H-pyrrole nitrogens is 1. The van der Waals surface area contributed by atoms with Gasteiger partial charge in [0.2, 0.25) is 5.88 Å². The SMILES string of the molecule is COc1ccc2c(CCC3(N)CC3)c[nH]c2n1. The molecule has 1 saturated carbocycles. The van der Waals surface area contributed by atoms with Gasteiger partial charge in [-0.2, -0.15) is 4.98 Å². The molecule has 3 N–H and O–H groups in total. The molecule has 0 aromatic carbocycles. The lowest BCUT2D eigenvalue weighted by Gasteiger charge is -2.06. The van der Waals surface area contributed by atoms with Gasteiger partial charge in [0.15, 0.2) is 0 Å². The number of hydrogen-bond acceptors (Lipinski definition) is 3. The minimum Gasteiger partial charge on any atom is -0.481 e. The zero-order chi connectivity index (χ0) is 11.9. The third kappa shape index (κ3) is 2.00. The molecule has 0 saturated heterocycles. The third-order valence-corrected chi connectivity index (χ3v) is 3.59. The average Bonchev–Trinajstić information content (AvgIpc) is 2.95. The van der Waals surface area contributed by atoms with Crippen LogP contribution in [-0.4, -0.2) is 22.6 Å². The van der Waals surface area contributed by atoms with E-state index in [-0.39, 0.29) is 5.54 Å². The predicted octanol–water partition coefficient (Wildman–Crippen LogP) is 2.00. The van der Waals surface area contributed by atoms with Gasteiger partial charge in [-0.15, -0.1) is 0 Å². The highest BCUT2D eigenvalue weighted by Gasteiger charge is 2.37. The summed E-state index contributed by atoms with van der Waals surface area (Å²) in [5.41, 5.74) is 8.41. The molecule has 0 radical (unpaired) electrons. The molecule has 2 heterocycles. The second-order valence-electron chi connectivity index (χ2n) is 4.93. The molecule has 4 heteroatoms. The molecule has 0 unspecified atom stereocenters. The number of rotatable bonds is 4. The molecule has 2 aromatic rings. The maximum absolute atomic E-state index is 6.11. The van der Waals surface area contributed by atoms with Crippen LogP contribution in [-0.2, 0) is 6.42 Å². The van der Waals surface area contributed by atoms with E-state index < -0.39 is 0 Å². The monoisotopic (exact) mass is 231 g/mol. The van der Waals surface area contributed by atoms with Crippen molar-refractivity contribution in [3.8, 4) is 5.88 Å². The first-order valence-corrected chi connectivity index (χ1v) is 6.00. The summed E-state index contributed by atoms with van der Waals surface area (Å²) in [6.45, 7) is 0. The molecule has 0 atom stereocenters. The molecule has 1 aliphatic rings. The minimum atomic E-state index is 0.115. The molecule has 1 aliphatic carbocycles. The molecule has 90 valence electrons. The van der Waals surface area contributed by atoms with Gasteiger partial charge in [0.1, 0.15) is 5.65 Å². The number of ether oxygens (including phenoxy) is 1. The van der Waals surface area contributed by atoms with Crippen molar-refractivity contribution in [2.24, 2.45) is 5.73 Å². The lowest BCUT2D eigenvalue weighted by molar-refractivity contribution is 0.399. The van der Waals surface area contributed by atoms with Crippen LogP contribution in [0.25, 0.3) is 11.0 Å². The fraction of sp³-hybridized carbons (Fsp3) is 0.462. The van der Waals surface area contributed by atoms with Crippen LogP contribution in [0.2, 0.25) is 0 Å². The van der Waals surface area contributed by atoms with Crippen LogP contribution in [0.15, 0.2) is 18.3 Å². The molecule has 2 aromatic heterocycles. The molecule has 17 heavy (non-hydrogen) atoms. The number of nitrogens with two attached hydrogens (primary N) is 1. The number of nitrogens with one attached hydrogen (secondary N) is 1. The van der Waals surface area contributed by atoms with Crippen molar-refractivity contribution in [1.82, 2.24) is 9.97 Å². The van der Waals surface area contributed by atoms with Gasteiger partial charge < -0.3 is 15.5 Å². The Morgan fingerprint density at radius 1 is 1.47 bits per heavy atom. The van der Waals surface area contributed by atoms with Crippen molar-refractivity contribution < 1.29 is 4.74 Å². The highest BCUT2D eigenvalue weighted by Crippen LogP contribution is 2.37. The average molecular weight is 231 g/mol. The summed E-state index contributed by atoms with van der Waals surface area (Å²) in [5.74, 6) is 0.642. The summed E-state index contributed by atoms with van der Waals surface area (Å²) in [5, 5.41) is 1.18. The Morgan fingerprint density at radius 3 is 3.00 bits per heavy atom. The molecule has 0 spiro atoms. The van der Waals surface area contributed by atoms with Gasteiger partial charge in [0.05, 0.1) is 7.11 Å². The van der Waals surface area contributed by atoms with Crippen molar-refractivity contribution >= 4 is 11.0 Å². The molecule has 1 fully saturated rings. The standard InChI is InChI=1S/C13H17N3O/c1-17-11-3-2-10-9(8-15-12(10)16-11)4-5-13(14)6-7-13/h2-3,8H,4-7,14H2,1H3,(H,15,16). The van der Waals surface area contributed by atoms with Crippen LogP contribution < -0.4 is 10.5 Å². The Balaban J connectivity index is 1.84. The molecular weight excluding hydrogens is 214 g/mol. The van der Waals surface area contributed by atoms with Crippen molar-refractivity contribution in [2.75, 3.05) is 7.11 Å².